The van der Waals surface area contributed by atoms with Gasteiger partial charge in [-0.2, -0.15) is 0 Å². The number of nitrogens with zero attached hydrogens (tertiary/aromatic N) is 1. The minimum Gasteiger partial charge on any atom is -0.323 e. The molecular weight excluding hydrogens is 351 g/mol. The zero-order chi connectivity index (χ0) is 18.7. The number of hydrogen-bond donors (Lipinski definition) is 1. The van der Waals surface area contributed by atoms with Crippen molar-refractivity contribution in [2.75, 3.05) is 12.4 Å². The number of rotatable bonds is 5. The van der Waals surface area contributed by atoms with Crippen molar-refractivity contribution in [1.82, 2.24) is 4.90 Å². The largest absolute Gasteiger partial charge is 0.323 e. The third-order valence-electron chi connectivity index (χ3n) is 4.48. The van der Waals surface area contributed by atoms with Gasteiger partial charge in [0, 0.05) is 6.54 Å². The number of carbonyl (C=O) groups excluding carboxylic acids is 1. The molecule has 0 fully saturated rings. The Hall–Kier alpha value is -2.43. The SMILES string of the molecule is C[C@H](C(=O)Nc1ccc(F)cc1Cl)N(C)Cc1ccc2ccccc2c1. The van der Waals surface area contributed by atoms with Crippen LogP contribution in [0.1, 0.15) is 12.5 Å². The van der Waals surface area contributed by atoms with Crippen molar-refractivity contribution in [3.63, 3.8) is 0 Å². The number of benzene rings is 3. The average molecular weight is 371 g/mol. The maximum atomic E-state index is 13.1. The Kier molecular flexibility index (Phi) is 5.55. The lowest BCUT2D eigenvalue weighted by molar-refractivity contribution is -0.120. The van der Waals surface area contributed by atoms with Crippen LogP contribution in [0.25, 0.3) is 10.8 Å². The topological polar surface area (TPSA) is 32.3 Å². The highest BCUT2D eigenvalue weighted by Crippen LogP contribution is 2.23. The summed E-state index contributed by atoms with van der Waals surface area (Å²) in [6.45, 7) is 2.46. The summed E-state index contributed by atoms with van der Waals surface area (Å²) in [6, 6.07) is 18.0. The molecule has 0 spiro atoms. The van der Waals surface area contributed by atoms with E-state index >= 15 is 0 Å². The molecule has 0 bridgehead atoms. The van der Waals surface area contributed by atoms with Gasteiger partial charge in [0.25, 0.3) is 0 Å². The zero-order valence-corrected chi connectivity index (χ0v) is 15.4. The van der Waals surface area contributed by atoms with E-state index in [1.54, 1.807) is 0 Å². The molecule has 134 valence electrons. The molecule has 0 aliphatic rings. The van der Waals surface area contributed by atoms with E-state index in [0.29, 0.717) is 12.2 Å². The van der Waals surface area contributed by atoms with Gasteiger partial charge < -0.3 is 5.32 Å². The molecular formula is C21H20ClFN2O. The summed E-state index contributed by atoms with van der Waals surface area (Å²) >= 11 is 5.97. The van der Waals surface area contributed by atoms with E-state index in [0.717, 1.165) is 5.56 Å². The minimum atomic E-state index is -0.436. The third-order valence-corrected chi connectivity index (χ3v) is 4.79. The van der Waals surface area contributed by atoms with Gasteiger partial charge in [-0.05, 0) is 54.6 Å². The van der Waals surface area contributed by atoms with Crippen molar-refractivity contribution in [2.45, 2.75) is 19.5 Å². The van der Waals surface area contributed by atoms with Gasteiger partial charge >= 0.3 is 0 Å². The standard InChI is InChI=1S/C21H20ClFN2O/c1-14(21(26)24-20-10-9-18(23)12-19(20)22)25(2)13-15-7-8-16-5-3-4-6-17(16)11-15/h3-12,14H,13H2,1-2H3,(H,24,26)/t14-/m1/s1. The molecule has 1 amide bonds. The van der Waals surface area contributed by atoms with Crippen molar-refractivity contribution >= 4 is 34.0 Å². The first-order valence-corrected chi connectivity index (χ1v) is 8.75. The van der Waals surface area contributed by atoms with E-state index in [1.165, 1.54) is 29.0 Å². The Bertz CT molecular complexity index is 944. The first-order chi connectivity index (χ1) is 12.4. The van der Waals surface area contributed by atoms with E-state index in [9.17, 15) is 9.18 Å². The van der Waals surface area contributed by atoms with Gasteiger partial charge in [0.2, 0.25) is 5.91 Å². The molecule has 0 unspecified atom stereocenters. The fraction of sp³-hybridized carbons (Fsp3) is 0.190. The molecule has 0 aromatic heterocycles. The predicted octanol–water partition coefficient (Wildman–Crippen LogP) is 5.09. The lowest BCUT2D eigenvalue weighted by Crippen LogP contribution is -2.39. The number of nitrogens with one attached hydrogen (secondary N) is 1. The molecule has 26 heavy (non-hydrogen) atoms. The van der Waals surface area contributed by atoms with Crippen molar-refractivity contribution in [3.8, 4) is 0 Å². The van der Waals surface area contributed by atoms with Crippen LogP contribution in [0.3, 0.4) is 0 Å². The molecule has 0 saturated carbocycles. The molecule has 3 aromatic rings. The van der Waals surface area contributed by atoms with Crippen LogP contribution in [0.4, 0.5) is 10.1 Å². The maximum Gasteiger partial charge on any atom is 0.241 e. The Labute approximate surface area is 157 Å². The molecule has 0 radical (unpaired) electrons. The Morgan fingerprint density at radius 2 is 1.85 bits per heavy atom. The highest BCUT2D eigenvalue weighted by Gasteiger charge is 2.19. The van der Waals surface area contributed by atoms with E-state index in [-0.39, 0.29) is 17.0 Å². The first kappa shape index (κ1) is 18.4. The van der Waals surface area contributed by atoms with Crippen LogP contribution in [-0.4, -0.2) is 23.9 Å². The summed E-state index contributed by atoms with van der Waals surface area (Å²) in [5.41, 5.74) is 1.54. The first-order valence-electron chi connectivity index (χ1n) is 8.38. The second kappa shape index (κ2) is 7.85. The molecule has 3 rings (SSSR count). The lowest BCUT2D eigenvalue weighted by Gasteiger charge is -2.24. The molecule has 0 heterocycles. The normalized spacial score (nSPS) is 12.3. The number of amides is 1. The van der Waals surface area contributed by atoms with Gasteiger partial charge in [-0.25, -0.2) is 4.39 Å². The van der Waals surface area contributed by atoms with Crippen molar-refractivity contribution in [2.24, 2.45) is 0 Å². The fourth-order valence-corrected chi connectivity index (χ4v) is 3.00. The zero-order valence-electron chi connectivity index (χ0n) is 14.7. The highest BCUT2D eigenvalue weighted by atomic mass is 35.5. The Morgan fingerprint density at radius 1 is 1.12 bits per heavy atom. The maximum absolute atomic E-state index is 13.1. The summed E-state index contributed by atoms with van der Waals surface area (Å²) < 4.78 is 13.1. The van der Waals surface area contributed by atoms with Crippen LogP contribution < -0.4 is 5.32 Å². The van der Waals surface area contributed by atoms with Crippen LogP contribution in [0, 0.1) is 5.82 Å². The van der Waals surface area contributed by atoms with E-state index in [1.807, 2.05) is 31.0 Å². The predicted molar refractivity (Wildman–Crippen MR) is 105 cm³/mol. The van der Waals surface area contributed by atoms with Gasteiger partial charge in [-0.15, -0.1) is 0 Å². The van der Waals surface area contributed by atoms with E-state index in [2.05, 4.69) is 35.6 Å². The van der Waals surface area contributed by atoms with Crippen LogP contribution in [0.5, 0.6) is 0 Å². The van der Waals surface area contributed by atoms with E-state index < -0.39 is 5.82 Å². The molecule has 1 N–H and O–H groups in total. The summed E-state index contributed by atoms with van der Waals surface area (Å²) in [7, 11) is 1.89. The summed E-state index contributed by atoms with van der Waals surface area (Å²) in [4.78, 5) is 14.4. The van der Waals surface area contributed by atoms with Gasteiger partial charge in [0.05, 0.1) is 16.8 Å². The molecule has 5 heteroatoms. The van der Waals surface area contributed by atoms with E-state index in [4.69, 9.17) is 11.6 Å². The molecule has 0 aliphatic heterocycles. The summed E-state index contributed by atoms with van der Waals surface area (Å²) in [6.07, 6.45) is 0. The molecule has 0 aliphatic carbocycles. The van der Waals surface area contributed by atoms with Crippen LogP contribution >= 0.6 is 11.6 Å². The van der Waals surface area contributed by atoms with Gasteiger partial charge in [0.1, 0.15) is 5.82 Å². The van der Waals surface area contributed by atoms with Crippen LogP contribution in [0.2, 0.25) is 5.02 Å². The van der Waals surface area contributed by atoms with Gasteiger partial charge in [-0.3, -0.25) is 9.69 Å². The Balaban J connectivity index is 1.67. The molecule has 1 atom stereocenters. The monoisotopic (exact) mass is 370 g/mol. The van der Waals surface area contributed by atoms with Crippen molar-refractivity contribution < 1.29 is 9.18 Å². The van der Waals surface area contributed by atoms with Gasteiger partial charge in [-0.1, -0.05) is 48.0 Å². The van der Waals surface area contributed by atoms with Crippen LogP contribution in [0.15, 0.2) is 60.7 Å². The fourth-order valence-electron chi connectivity index (χ4n) is 2.79. The number of hydrogen-bond acceptors (Lipinski definition) is 2. The Morgan fingerprint density at radius 3 is 2.58 bits per heavy atom. The number of carbonyl (C=O) groups is 1. The quantitative estimate of drug-likeness (QED) is 0.678. The minimum absolute atomic E-state index is 0.183. The lowest BCUT2D eigenvalue weighted by atomic mass is 10.1. The second-order valence-electron chi connectivity index (χ2n) is 6.39. The van der Waals surface area contributed by atoms with Gasteiger partial charge in [0.15, 0.2) is 0 Å². The number of likely N-dealkylation sites (N-methyl/N-ethyl adjacent to an activating group) is 1. The number of anilines is 1. The van der Waals surface area contributed by atoms with Crippen molar-refractivity contribution in [1.29, 1.82) is 0 Å². The number of fused-ring (bicyclic) bond motifs is 1. The van der Waals surface area contributed by atoms with Crippen molar-refractivity contribution in [3.05, 3.63) is 77.1 Å². The highest BCUT2D eigenvalue weighted by molar-refractivity contribution is 6.33. The average Bonchev–Trinajstić information content (AvgIpc) is 2.63. The number of halogens is 2. The molecule has 3 nitrogen and oxygen atoms in total. The summed E-state index contributed by atoms with van der Waals surface area (Å²) in [5, 5.41) is 5.30. The summed E-state index contributed by atoms with van der Waals surface area (Å²) in [5.74, 6) is -0.628. The molecule has 0 saturated heterocycles. The second-order valence-corrected chi connectivity index (χ2v) is 6.79. The van der Waals surface area contributed by atoms with Crippen LogP contribution in [-0.2, 0) is 11.3 Å². The third kappa shape index (κ3) is 4.21. The smallest absolute Gasteiger partial charge is 0.241 e. The molecule has 3 aromatic carbocycles.